The van der Waals surface area contributed by atoms with Crippen LogP contribution in [0.15, 0.2) is 102 Å². The summed E-state index contributed by atoms with van der Waals surface area (Å²) in [4.78, 5) is 24.6. The highest BCUT2D eigenvalue weighted by atomic mass is 32.2. The minimum atomic E-state index is -3.93. The molecule has 1 fully saturated rings. The second-order valence-corrected chi connectivity index (χ2v) is 14.6. The molecule has 1 aliphatic carbocycles. The number of fused-ring (bicyclic) bond motifs is 6. The smallest absolute Gasteiger partial charge is 0.407 e. The van der Waals surface area contributed by atoms with Crippen LogP contribution < -0.4 is 5.32 Å². The maximum Gasteiger partial charge on any atom is 0.407 e. The van der Waals surface area contributed by atoms with Crippen molar-refractivity contribution in [3.05, 3.63) is 114 Å². The van der Waals surface area contributed by atoms with Crippen LogP contribution >= 0.6 is 0 Å². The second-order valence-electron chi connectivity index (χ2n) is 12.8. The van der Waals surface area contributed by atoms with Gasteiger partial charge >= 0.3 is 6.09 Å². The highest BCUT2D eigenvalue weighted by Gasteiger charge is 2.34. The SMILES string of the molecule is CCN1CC[C@@H](n2c(CCNC(=O)OCC3c4ccccc4-c4ccccc43)nc3cnc4c(ccn4S(=O)(=O)c4ccccc4)c32)[C@@H](F)C1. The molecular weight excluding hydrogens is 656 g/mol. The van der Waals surface area contributed by atoms with E-state index in [1.807, 2.05) is 35.8 Å². The van der Waals surface area contributed by atoms with E-state index in [4.69, 9.17) is 9.72 Å². The number of pyridine rings is 1. The number of piperidine rings is 1. The summed E-state index contributed by atoms with van der Waals surface area (Å²) in [7, 11) is -3.93. The monoisotopic (exact) mass is 692 g/mol. The number of rotatable bonds is 9. The molecule has 3 aromatic carbocycles. The number of aromatic nitrogens is 4. The van der Waals surface area contributed by atoms with E-state index < -0.39 is 28.3 Å². The molecule has 1 aliphatic heterocycles. The average molecular weight is 693 g/mol. The first-order valence-corrected chi connectivity index (χ1v) is 18.4. The minimum Gasteiger partial charge on any atom is -0.449 e. The lowest BCUT2D eigenvalue weighted by Crippen LogP contribution is -2.43. The van der Waals surface area contributed by atoms with Crippen molar-refractivity contribution in [3.8, 4) is 11.1 Å². The van der Waals surface area contributed by atoms with Gasteiger partial charge in [-0.3, -0.25) is 0 Å². The van der Waals surface area contributed by atoms with Crippen LogP contribution in [-0.4, -0.2) is 76.9 Å². The zero-order valence-corrected chi connectivity index (χ0v) is 28.4. The molecule has 8 rings (SSSR count). The van der Waals surface area contributed by atoms with Crippen molar-refractivity contribution in [3.63, 3.8) is 0 Å². The molecule has 6 aromatic rings. The number of imidazole rings is 1. The Bertz CT molecular complexity index is 2280. The topological polar surface area (TPSA) is 111 Å². The van der Waals surface area contributed by atoms with Gasteiger partial charge < -0.3 is 19.5 Å². The second kappa shape index (κ2) is 13.0. The van der Waals surface area contributed by atoms with E-state index >= 15 is 4.39 Å². The van der Waals surface area contributed by atoms with Crippen molar-refractivity contribution < 1.29 is 22.3 Å². The summed E-state index contributed by atoms with van der Waals surface area (Å²) in [5.41, 5.74) is 5.99. The Labute approximate surface area is 289 Å². The minimum absolute atomic E-state index is 0.0549. The van der Waals surface area contributed by atoms with Crippen molar-refractivity contribution >= 4 is 38.2 Å². The van der Waals surface area contributed by atoms with Crippen LogP contribution in [0.2, 0.25) is 0 Å². The van der Waals surface area contributed by atoms with Crippen LogP contribution in [0.1, 0.15) is 42.3 Å². The Morgan fingerprint density at radius 3 is 2.38 bits per heavy atom. The number of ether oxygens (including phenoxy) is 1. The predicted octanol–water partition coefficient (Wildman–Crippen LogP) is 6.31. The lowest BCUT2D eigenvalue weighted by molar-refractivity contribution is 0.0938. The van der Waals surface area contributed by atoms with Gasteiger partial charge in [-0.15, -0.1) is 0 Å². The lowest BCUT2D eigenvalue weighted by Gasteiger charge is -2.35. The summed E-state index contributed by atoms with van der Waals surface area (Å²) >= 11 is 0. The van der Waals surface area contributed by atoms with Crippen LogP contribution in [0.25, 0.3) is 33.2 Å². The molecule has 1 N–H and O–H groups in total. The Balaban J connectivity index is 1.06. The van der Waals surface area contributed by atoms with Gasteiger partial charge in [0.15, 0.2) is 5.65 Å². The number of alkyl carbamates (subject to hydrolysis) is 1. The summed E-state index contributed by atoms with van der Waals surface area (Å²) < 4.78 is 52.0. The molecular formula is C38H37FN6O4S. The van der Waals surface area contributed by atoms with E-state index in [1.165, 1.54) is 10.2 Å². The first-order valence-electron chi connectivity index (χ1n) is 17.0. The van der Waals surface area contributed by atoms with Gasteiger partial charge in [0.05, 0.1) is 22.7 Å². The van der Waals surface area contributed by atoms with E-state index in [0.29, 0.717) is 35.1 Å². The first kappa shape index (κ1) is 32.2. The molecule has 256 valence electrons. The van der Waals surface area contributed by atoms with E-state index in [-0.39, 0.29) is 36.2 Å². The third-order valence-electron chi connectivity index (χ3n) is 10.0. The summed E-state index contributed by atoms with van der Waals surface area (Å²) in [6.07, 6.45) is 2.18. The molecule has 1 amide bonds. The average Bonchev–Trinajstić information content (AvgIpc) is 3.83. The molecule has 2 aliphatic rings. The van der Waals surface area contributed by atoms with Crippen LogP contribution in [0.5, 0.6) is 0 Å². The Morgan fingerprint density at radius 2 is 1.68 bits per heavy atom. The van der Waals surface area contributed by atoms with E-state index in [0.717, 1.165) is 35.3 Å². The molecule has 3 aromatic heterocycles. The van der Waals surface area contributed by atoms with E-state index in [1.54, 1.807) is 42.6 Å². The molecule has 2 atom stereocenters. The highest BCUT2D eigenvalue weighted by Crippen LogP contribution is 2.44. The van der Waals surface area contributed by atoms with Gasteiger partial charge in [-0.25, -0.2) is 31.5 Å². The standard InChI is InChI=1S/C38H37FN6O4S/c1-2-43-20-18-34(32(39)23-43)45-35(16-19-40-38(46)49-24-31-28-14-8-6-12-26(28)27-13-7-9-15-29(27)31)42-33-22-41-37-30(36(33)45)17-21-44(37)50(47,48)25-10-4-3-5-11-25/h3-15,17,21-22,31-32,34H,2,16,18-20,23-24H2,1H3,(H,40,46)/t32-,34+/m0/s1. The van der Waals surface area contributed by atoms with Crippen LogP contribution in [-0.2, 0) is 21.2 Å². The number of benzene rings is 3. The van der Waals surface area contributed by atoms with Crippen molar-refractivity contribution in [2.75, 3.05) is 32.8 Å². The molecule has 0 radical (unpaired) electrons. The Hall–Kier alpha value is -5.07. The number of carbonyl (C=O) groups excluding carboxylic acids is 1. The quantitative estimate of drug-likeness (QED) is 0.189. The Morgan fingerprint density at radius 1 is 0.980 bits per heavy atom. The van der Waals surface area contributed by atoms with Crippen molar-refractivity contribution in [2.24, 2.45) is 0 Å². The predicted molar refractivity (Wildman–Crippen MR) is 189 cm³/mol. The fourth-order valence-corrected chi connectivity index (χ4v) is 8.91. The molecule has 50 heavy (non-hydrogen) atoms. The van der Waals surface area contributed by atoms with Gasteiger partial charge in [-0.05, 0) is 53.4 Å². The van der Waals surface area contributed by atoms with Gasteiger partial charge in [0.2, 0.25) is 0 Å². The fourth-order valence-electron chi connectivity index (χ4n) is 7.59. The zero-order chi connectivity index (χ0) is 34.4. The van der Waals surface area contributed by atoms with Gasteiger partial charge in [-0.1, -0.05) is 73.7 Å². The van der Waals surface area contributed by atoms with Crippen LogP contribution in [0, 0.1) is 0 Å². The summed E-state index contributed by atoms with van der Waals surface area (Å²) in [6, 6.07) is 25.7. The number of carbonyl (C=O) groups is 1. The van der Waals surface area contributed by atoms with Crippen LogP contribution in [0.4, 0.5) is 9.18 Å². The number of hydrogen-bond acceptors (Lipinski definition) is 7. The largest absolute Gasteiger partial charge is 0.449 e. The van der Waals surface area contributed by atoms with Crippen molar-refractivity contribution in [1.82, 2.24) is 28.7 Å². The normalized spacial score (nSPS) is 18.0. The van der Waals surface area contributed by atoms with Gasteiger partial charge in [0.25, 0.3) is 10.0 Å². The number of likely N-dealkylation sites (tertiary alicyclic amines) is 1. The molecule has 0 bridgehead atoms. The van der Waals surface area contributed by atoms with Gasteiger partial charge in [-0.2, -0.15) is 0 Å². The molecule has 12 heteroatoms. The highest BCUT2D eigenvalue weighted by molar-refractivity contribution is 7.90. The van der Waals surface area contributed by atoms with E-state index in [9.17, 15) is 13.2 Å². The number of nitrogens with one attached hydrogen (secondary N) is 1. The number of hydrogen-bond donors (Lipinski definition) is 1. The van der Waals surface area contributed by atoms with Gasteiger partial charge in [0, 0.05) is 43.6 Å². The third-order valence-corrected chi connectivity index (χ3v) is 11.7. The fraction of sp³-hybridized carbons (Fsp3) is 0.289. The molecule has 1 saturated heterocycles. The maximum absolute atomic E-state index is 16.0. The molecule has 10 nitrogen and oxygen atoms in total. The lowest BCUT2D eigenvalue weighted by atomic mass is 9.98. The van der Waals surface area contributed by atoms with Gasteiger partial charge in [0.1, 0.15) is 24.1 Å². The molecule has 0 unspecified atom stereocenters. The van der Waals surface area contributed by atoms with Crippen molar-refractivity contribution in [2.45, 2.75) is 42.8 Å². The van der Waals surface area contributed by atoms with E-state index in [2.05, 4.69) is 39.5 Å². The number of nitrogens with zero attached hydrogens (tertiary/aromatic N) is 5. The van der Waals surface area contributed by atoms with Crippen LogP contribution in [0.3, 0.4) is 0 Å². The number of halogens is 1. The summed E-state index contributed by atoms with van der Waals surface area (Å²) in [5, 5.41) is 3.43. The maximum atomic E-state index is 16.0. The number of amides is 1. The molecule has 0 spiro atoms. The Kier molecular flexibility index (Phi) is 8.36. The zero-order valence-electron chi connectivity index (χ0n) is 27.6. The summed E-state index contributed by atoms with van der Waals surface area (Å²) in [6.45, 7) is 4.19. The molecule has 4 heterocycles. The summed E-state index contributed by atoms with van der Waals surface area (Å²) in [5.74, 6) is 0.533. The molecule has 0 saturated carbocycles. The third kappa shape index (κ3) is 5.52. The number of alkyl halides is 1. The first-order chi connectivity index (χ1) is 24.3. The van der Waals surface area contributed by atoms with Crippen molar-refractivity contribution in [1.29, 1.82) is 0 Å².